The van der Waals surface area contributed by atoms with Crippen LogP contribution < -0.4 is 0 Å². The molecule has 2 unspecified atom stereocenters. The molecule has 3 rings (SSSR count). The van der Waals surface area contributed by atoms with Gasteiger partial charge in [0.2, 0.25) is 0 Å². The first-order valence-corrected chi connectivity index (χ1v) is 8.82. The Labute approximate surface area is 154 Å². The van der Waals surface area contributed by atoms with Crippen molar-refractivity contribution in [2.24, 2.45) is 5.41 Å². The quantitative estimate of drug-likeness (QED) is 0.753. The van der Waals surface area contributed by atoms with E-state index in [9.17, 15) is 9.59 Å². The first kappa shape index (κ1) is 17.7. The van der Waals surface area contributed by atoms with Crippen molar-refractivity contribution in [2.75, 3.05) is 12.5 Å². The van der Waals surface area contributed by atoms with E-state index in [-0.39, 0.29) is 5.78 Å². The predicted molar refractivity (Wildman–Crippen MR) is 92.8 cm³/mol. The molecule has 2 aliphatic carbocycles. The minimum Gasteiger partial charge on any atom is -0.480 e. The van der Waals surface area contributed by atoms with Gasteiger partial charge in [0.1, 0.15) is 6.61 Å². The van der Waals surface area contributed by atoms with Crippen molar-refractivity contribution in [3.8, 4) is 0 Å². The van der Waals surface area contributed by atoms with E-state index < -0.39 is 24.1 Å². The van der Waals surface area contributed by atoms with Crippen molar-refractivity contribution in [2.45, 2.75) is 25.4 Å². The Hall–Kier alpha value is -1.07. The van der Waals surface area contributed by atoms with E-state index in [1.165, 1.54) is 0 Å². The number of carbonyl (C=O) groups excluding carboxylic acids is 1. The Morgan fingerprint density at radius 1 is 1.38 bits per heavy atom. The molecule has 0 heterocycles. The smallest absolute Gasteiger partial charge is 0.329 e. The van der Waals surface area contributed by atoms with Crippen molar-refractivity contribution < 1.29 is 19.4 Å². The molecule has 1 aromatic carbocycles. The lowest BCUT2D eigenvalue weighted by atomic mass is 9.69. The number of allylic oxidation sites excluding steroid dienone is 1. The number of aliphatic carboxylic acids is 1. The normalized spacial score (nSPS) is 25.2. The van der Waals surface area contributed by atoms with E-state index in [2.05, 4.69) is 0 Å². The highest BCUT2D eigenvalue weighted by Crippen LogP contribution is 2.63. The van der Waals surface area contributed by atoms with Crippen LogP contribution in [0.4, 0.5) is 0 Å². The molecular weight excluding hydrogens is 375 g/mol. The van der Waals surface area contributed by atoms with Crippen LogP contribution in [0.25, 0.3) is 5.57 Å². The second-order valence-electron chi connectivity index (χ2n) is 6.03. The van der Waals surface area contributed by atoms with Gasteiger partial charge in [0.05, 0.1) is 16.1 Å². The molecule has 24 heavy (non-hydrogen) atoms. The van der Waals surface area contributed by atoms with Gasteiger partial charge in [-0.3, -0.25) is 4.79 Å². The Morgan fingerprint density at radius 3 is 2.79 bits per heavy atom. The lowest BCUT2D eigenvalue weighted by Gasteiger charge is -2.38. The van der Waals surface area contributed by atoms with Gasteiger partial charge >= 0.3 is 5.97 Å². The number of halogens is 3. The summed E-state index contributed by atoms with van der Waals surface area (Å²) in [5.74, 6) is -0.685. The highest BCUT2D eigenvalue weighted by atomic mass is 35.5. The van der Waals surface area contributed by atoms with Crippen LogP contribution in [0.15, 0.2) is 18.2 Å². The Kier molecular flexibility index (Phi) is 4.94. The lowest BCUT2D eigenvalue weighted by Crippen LogP contribution is -2.32. The van der Waals surface area contributed by atoms with Crippen molar-refractivity contribution in [3.05, 3.63) is 39.4 Å². The van der Waals surface area contributed by atoms with Crippen LogP contribution in [-0.4, -0.2) is 29.3 Å². The summed E-state index contributed by atoms with van der Waals surface area (Å²) in [6.45, 7) is -0.435. The van der Waals surface area contributed by atoms with Gasteiger partial charge in [-0.15, -0.1) is 11.6 Å². The molecule has 0 fully saturated rings. The molecule has 2 atom stereocenters. The number of hydrogen-bond donors (Lipinski definition) is 1. The molecule has 0 saturated heterocycles. The van der Waals surface area contributed by atoms with E-state index in [1.807, 2.05) is 0 Å². The lowest BCUT2D eigenvalue weighted by molar-refractivity contribution is -0.147. The fraction of sp³-hybridized carbons (Fsp3) is 0.412. The molecule has 1 aromatic rings. The van der Waals surface area contributed by atoms with Gasteiger partial charge < -0.3 is 9.84 Å². The third kappa shape index (κ3) is 2.76. The molecular formula is C17H15Cl3O4. The molecule has 1 N–H and O–H groups in total. The number of carboxylic acids is 1. The fourth-order valence-electron chi connectivity index (χ4n) is 3.77. The van der Waals surface area contributed by atoms with Gasteiger partial charge in [0.25, 0.3) is 0 Å². The second-order valence-corrected chi connectivity index (χ2v) is 7.19. The van der Waals surface area contributed by atoms with Crippen molar-refractivity contribution >= 4 is 52.1 Å². The number of hydrogen-bond acceptors (Lipinski definition) is 3. The summed E-state index contributed by atoms with van der Waals surface area (Å²) in [5.41, 5.74) is 1.65. The average Bonchev–Trinajstić information content (AvgIpc) is 2.79. The molecule has 128 valence electrons. The molecule has 0 amide bonds. The third-order valence-corrected chi connectivity index (χ3v) is 5.75. The molecule has 7 heteroatoms. The van der Waals surface area contributed by atoms with Gasteiger partial charge in [-0.2, -0.15) is 0 Å². The van der Waals surface area contributed by atoms with Gasteiger partial charge in [0.15, 0.2) is 5.78 Å². The molecule has 0 aliphatic heterocycles. The summed E-state index contributed by atoms with van der Waals surface area (Å²) in [6, 6.07) is 3.45. The highest BCUT2D eigenvalue weighted by molar-refractivity contribution is 6.43. The summed E-state index contributed by atoms with van der Waals surface area (Å²) in [5, 5.41) is 9.74. The van der Waals surface area contributed by atoms with Crippen LogP contribution in [0, 0.1) is 5.41 Å². The van der Waals surface area contributed by atoms with Crippen LogP contribution in [-0.2, 0) is 14.3 Å². The van der Waals surface area contributed by atoms with E-state index in [0.29, 0.717) is 40.8 Å². The van der Waals surface area contributed by atoms with E-state index in [1.54, 1.807) is 18.2 Å². The molecule has 0 spiro atoms. The number of fused-ring (bicyclic) bond motifs is 3. The molecule has 2 aliphatic rings. The standard InChI is InChI=1S/C17H15Cl3O4/c18-6-5-17-4-3-9(21)7-11(17)14-10(1-2-12(19)15(14)20)16(17)24-8-13(22)23/h1-2,7,16H,3-6,8H2,(H,22,23). The number of ketones is 1. The van der Waals surface area contributed by atoms with E-state index in [0.717, 1.165) is 11.1 Å². The maximum Gasteiger partial charge on any atom is 0.329 e. The van der Waals surface area contributed by atoms with Gasteiger partial charge in [0, 0.05) is 23.3 Å². The minimum absolute atomic E-state index is 0.0103. The number of benzene rings is 1. The second kappa shape index (κ2) is 6.68. The minimum atomic E-state index is -1.05. The molecule has 0 radical (unpaired) electrons. The zero-order valence-corrected chi connectivity index (χ0v) is 14.9. The Bertz CT molecular complexity index is 744. The SMILES string of the molecule is O=C(O)COC1c2ccc(Cl)c(Cl)c2C2=CC(=O)CCC21CCCl. The Morgan fingerprint density at radius 2 is 2.12 bits per heavy atom. The maximum absolute atomic E-state index is 12.0. The van der Waals surface area contributed by atoms with Crippen molar-refractivity contribution in [3.63, 3.8) is 0 Å². The zero-order chi connectivity index (χ0) is 17.5. The van der Waals surface area contributed by atoms with Crippen molar-refractivity contribution in [1.29, 1.82) is 0 Å². The first-order valence-electron chi connectivity index (χ1n) is 7.53. The molecule has 0 bridgehead atoms. The van der Waals surface area contributed by atoms with Gasteiger partial charge in [-0.1, -0.05) is 29.3 Å². The summed E-state index contributed by atoms with van der Waals surface area (Å²) in [7, 11) is 0. The number of rotatable bonds is 5. The summed E-state index contributed by atoms with van der Waals surface area (Å²) < 4.78 is 5.73. The van der Waals surface area contributed by atoms with E-state index >= 15 is 0 Å². The number of carbonyl (C=O) groups is 2. The highest BCUT2D eigenvalue weighted by Gasteiger charge is 2.52. The fourth-order valence-corrected chi connectivity index (χ4v) is 4.54. The van der Waals surface area contributed by atoms with Gasteiger partial charge in [-0.05, 0) is 36.1 Å². The predicted octanol–water partition coefficient (Wildman–Crippen LogP) is 4.51. The number of carboxylic acid groups (broad SMARTS) is 1. The monoisotopic (exact) mass is 388 g/mol. The van der Waals surface area contributed by atoms with Crippen LogP contribution in [0.2, 0.25) is 10.0 Å². The van der Waals surface area contributed by atoms with Gasteiger partial charge in [-0.25, -0.2) is 4.79 Å². The first-order chi connectivity index (χ1) is 11.4. The largest absolute Gasteiger partial charge is 0.480 e. The summed E-state index contributed by atoms with van der Waals surface area (Å²) >= 11 is 18.6. The average molecular weight is 390 g/mol. The maximum atomic E-state index is 12.0. The van der Waals surface area contributed by atoms with Crippen LogP contribution in [0.5, 0.6) is 0 Å². The molecule has 0 aromatic heterocycles. The molecule has 0 saturated carbocycles. The Balaban J connectivity index is 2.20. The van der Waals surface area contributed by atoms with Crippen LogP contribution >= 0.6 is 34.8 Å². The van der Waals surface area contributed by atoms with Crippen LogP contribution in [0.3, 0.4) is 0 Å². The number of ether oxygens (including phenoxy) is 1. The summed E-state index contributed by atoms with van der Waals surface area (Å²) in [4.78, 5) is 23.0. The van der Waals surface area contributed by atoms with Crippen molar-refractivity contribution in [1.82, 2.24) is 0 Å². The topological polar surface area (TPSA) is 63.6 Å². The molecule has 4 nitrogen and oxygen atoms in total. The van der Waals surface area contributed by atoms with E-state index in [4.69, 9.17) is 44.6 Å². The summed E-state index contributed by atoms with van der Waals surface area (Å²) in [6.07, 6.45) is 2.53. The van der Waals surface area contributed by atoms with Crippen LogP contribution in [0.1, 0.15) is 36.5 Å². The third-order valence-electron chi connectivity index (χ3n) is 4.75. The zero-order valence-electron chi connectivity index (χ0n) is 12.7. The number of alkyl halides is 1.